The summed E-state index contributed by atoms with van der Waals surface area (Å²) in [5, 5.41) is 0.427. The summed E-state index contributed by atoms with van der Waals surface area (Å²) in [5.41, 5.74) is 0.459. The van der Waals surface area contributed by atoms with Gasteiger partial charge in [0, 0.05) is 35.5 Å². The molecule has 1 aromatic heterocycles. The van der Waals surface area contributed by atoms with Crippen molar-refractivity contribution >= 4 is 27.3 Å². The number of sulfonamides is 1. The Labute approximate surface area is 187 Å². The van der Waals surface area contributed by atoms with Crippen LogP contribution in [0.25, 0.3) is 0 Å². The van der Waals surface area contributed by atoms with Gasteiger partial charge >= 0.3 is 0 Å². The molecule has 0 amide bonds. The number of methoxy groups -OCH3 is 1. The molecule has 6 nitrogen and oxygen atoms in total. The lowest BCUT2D eigenvalue weighted by Gasteiger charge is -2.38. The first kappa shape index (κ1) is 23.1. The Morgan fingerprint density at radius 1 is 1.03 bits per heavy atom. The van der Waals surface area contributed by atoms with E-state index in [2.05, 4.69) is 4.98 Å². The molecule has 8 heteroatoms. The fourth-order valence-corrected chi connectivity index (χ4v) is 5.58. The molecule has 3 aromatic rings. The maximum Gasteiger partial charge on any atom is 0.264 e. The number of anilines is 1. The lowest BCUT2D eigenvalue weighted by molar-refractivity contribution is 0.136. The van der Waals surface area contributed by atoms with Gasteiger partial charge in [-0.15, -0.1) is 0 Å². The lowest BCUT2D eigenvalue weighted by atomic mass is 9.98. The summed E-state index contributed by atoms with van der Waals surface area (Å²) in [7, 11) is -2.41. The molecule has 0 radical (unpaired) electrons. The fraction of sp³-hybridized carbons (Fsp3) is 0.261. The summed E-state index contributed by atoms with van der Waals surface area (Å²) in [5.74, 6) is 0. The summed E-state index contributed by atoms with van der Waals surface area (Å²) >= 11 is 6.30. The Kier molecular flexibility index (Phi) is 6.59. The van der Waals surface area contributed by atoms with Crippen LogP contribution in [0.3, 0.4) is 0 Å². The van der Waals surface area contributed by atoms with Gasteiger partial charge in [0.2, 0.25) is 5.56 Å². The number of ether oxygens (including phenoxy) is 1. The number of benzene rings is 2. The Morgan fingerprint density at radius 3 is 2.29 bits per heavy atom. The predicted octanol–water partition coefficient (Wildman–Crippen LogP) is 4.76. The molecule has 1 N–H and O–H groups in total. The predicted molar refractivity (Wildman–Crippen MR) is 123 cm³/mol. The van der Waals surface area contributed by atoms with Gasteiger partial charge in [0.15, 0.2) is 0 Å². The van der Waals surface area contributed by atoms with E-state index < -0.39 is 21.7 Å². The number of aromatic nitrogens is 1. The molecule has 0 aliphatic heterocycles. The van der Waals surface area contributed by atoms with Crippen LogP contribution in [0.2, 0.25) is 5.02 Å². The number of rotatable bonds is 6. The van der Waals surface area contributed by atoms with E-state index in [0.29, 0.717) is 21.8 Å². The van der Waals surface area contributed by atoms with Crippen LogP contribution in [-0.2, 0) is 14.8 Å². The zero-order valence-electron chi connectivity index (χ0n) is 17.8. The highest BCUT2D eigenvalue weighted by molar-refractivity contribution is 7.93. The highest BCUT2D eigenvalue weighted by Crippen LogP contribution is 2.40. The van der Waals surface area contributed by atoms with Crippen LogP contribution in [0.5, 0.6) is 0 Å². The van der Waals surface area contributed by atoms with E-state index in [4.69, 9.17) is 16.3 Å². The number of nitrogens with one attached hydrogen (secondary N) is 1. The maximum absolute atomic E-state index is 13.7. The Balaban J connectivity index is 2.28. The van der Waals surface area contributed by atoms with Gasteiger partial charge in [-0.05, 0) is 62.7 Å². The van der Waals surface area contributed by atoms with Crippen LogP contribution in [0, 0.1) is 0 Å². The highest BCUT2D eigenvalue weighted by atomic mass is 35.5. The quantitative estimate of drug-likeness (QED) is 0.575. The van der Waals surface area contributed by atoms with Crippen LogP contribution < -0.4 is 9.86 Å². The molecule has 0 bridgehead atoms. The van der Waals surface area contributed by atoms with Crippen LogP contribution in [0.1, 0.15) is 38.0 Å². The van der Waals surface area contributed by atoms with Gasteiger partial charge in [0.25, 0.3) is 10.0 Å². The normalized spacial score (nSPS) is 13.1. The molecule has 1 atom stereocenters. The largest absolute Gasteiger partial charge is 0.372 e. The van der Waals surface area contributed by atoms with Crippen molar-refractivity contribution in [3.63, 3.8) is 0 Å². The van der Waals surface area contributed by atoms with Crippen LogP contribution in [-0.4, -0.2) is 26.1 Å². The number of pyridine rings is 1. The molecular weight excluding hydrogens is 436 g/mol. The summed E-state index contributed by atoms with van der Waals surface area (Å²) in [6.07, 6.45) is 0.822. The first-order valence-corrected chi connectivity index (χ1v) is 11.5. The smallest absolute Gasteiger partial charge is 0.264 e. The number of nitrogens with zero attached hydrogens (tertiary/aromatic N) is 1. The average molecular weight is 461 g/mol. The van der Waals surface area contributed by atoms with Crippen molar-refractivity contribution in [1.82, 2.24) is 4.98 Å². The Morgan fingerprint density at radius 2 is 1.71 bits per heavy atom. The third-order valence-corrected chi connectivity index (χ3v) is 7.05. The van der Waals surface area contributed by atoms with Crippen molar-refractivity contribution in [2.45, 2.75) is 37.3 Å². The van der Waals surface area contributed by atoms with E-state index >= 15 is 0 Å². The molecule has 0 aliphatic rings. The molecule has 2 aromatic carbocycles. The summed E-state index contributed by atoms with van der Waals surface area (Å²) < 4.78 is 34.5. The van der Waals surface area contributed by atoms with Gasteiger partial charge in [-0.3, -0.25) is 9.10 Å². The number of halogens is 1. The third kappa shape index (κ3) is 4.84. The molecule has 0 saturated heterocycles. The molecule has 0 saturated carbocycles. The number of H-pyrrole nitrogens is 1. The van der Waals surface area contributed by atoms with E-state index in [-0.39, 0.29) is 10.5 Å². The summed E-state index contributed by atoms with van der Waals surface area (Å²) in [4.78, 5) is 14.6. The number of hydrogen-bond acceptors (Lipinski definition) is 4. The standard InChI is InChI=1S/C23H25ClN2O4S/c1-23(2,3)26(31(28,29)18-8-6-5-7-9-18)20-11-10-17(24)15-19(20)22(30-4)16-12-13-25-21(27)14-16/h5-15,22H,1-4H3,(H,25,27). The minimum absolute atomic E-state index is 0.177. The molecular formula is C23H25ClN2O4S. The average Bonchev–Trinajstić information content (AvgIpc) is 2.70. The van der Waals surface area contributed by atoms with E-state index in [1.165, 1.54) is 23.7 Å². The zero-order chi connectivity index (χ0) is 22.8. The van der Waals surface area contributed by atoms with Crippen LogP contribution in [0.4, 0.5) is 5.69 Å². The van der Waals surface area contributed by atoms with Gasteiger partial charge in [-0.2, -0.15) is 0 Å². The van der Waals surface area contributed by atoms with Gasteiger partial charge in [-0.25, -0.2) is 8.42 Å². The van der Waals surface area contributed by atoms with Crippen LogP contribution >= 0.6 is 11.6 Å². The van der Waals surface area contributed by atoms with Crippen molar-refractivity contribution < 1.29 is 13.2 Å². The van der Waals surface area contributed by atoms with Gasteiger partial charge in [0.05, 0.1) is 10.6 Å². The monoisotopic (exact) mass is 460 g/mol. The summed E-state index contributed by atoms with van der Waals surface area (Å²) in [6, 6.07) is 16.4. The second-order valence-electron chi connectivity index (χ2n) is 8.06. The molecule has 164 valence electrons. The van der Waals surface area contributed by atoms with Gasteiger partial charge in [-0.1, -0.05) is 29.8 Å². The minimum atomic E-state index is -3.91. The molecule has 0 fully saturated rings. The molecule has 0 aliphatic carbocycles. The molecule has 1 heterocycles. The lowest BCUT2D eigenvalue weighted by Crippen LogP contribution is -2.46. The van der Waals surface area contributed by atoms with Crippen LogP contribution in [0.15, 0.2) is 76.6 Å². The maximum atomic E-state index is 13.7. The van der Waals surface area contributed by atoms with E-state index in [0.717, 1.165) is 0 Å². The van der Waals surface area contributed by atoms with E-state index in [1.807, 2.05) is 20.8 Å². The molecule has 3 rings (SSSR count). The second kappa shape index (κ2) is 8.86. The van der Waals surface area contributed by atoms with Gasteiger partial charge < -0.3 is 9.72 Å². The van der Waals surface area contributed by atoms with E-state index in [9.17, 15) is 13.2 Å². The minimum Gasteiger partial charge on any atom is -0.372 e. The molecule has 31 heavy (non-hydrogen) atoms. The van der Waals surface area contributed by atoms with Crippen molar-refractivity contribution in [3.05, 3.63) is 93.4 Å². The Bertz CT molecular complexity index is 1220. The van der Waals surface area contributed by atoms with Gasteiger partial charge in [0.1, 0.15) is 6.10 Å². The third-order valence-electron chi connectivity index (χ3n) is 4.72. The van der Waals surface area contributed by atoms with Crippen molar-refractivity contribution in [2.75, 3.05) is 11.4 Å². The fourth-order valence-electron chi connectivity index (χ4n) is 3.54. The molecule has 0 spiro atoms. The first-order chi connectivity index (χ1) is 14.6. The van der Waals surface area contributed by atoms with Crippen molar-refractivity contribution in [1.29, 1.82) is 0 Å². The highest BCUT2D eigenvalue weighted by Gasteiger charge is 2.37. The molecule has 1 unspecified atom stereocenters. The zero-order valence-corrected chi connectivity index (χ0v) is 19.4. The van der Waals surface area contributed by atoms with Crippen molar-refractivity contribution in [2.24, 2.45) is 0 Å². The second-order valence-corrected chi connectivity index (χ2v) is 10.3. The SMILES string of the molecule is COC(c1cc[nH]c(=O)c1)c1cc(Cl)ccc1N(C(C)(C)C)S(=O)(=O)c1ccccc1. The first-order valence-electron chi connectivity index (χ1n) is 9.67. The van der Waals surface area contributed by atoms with Crippen molar-refractivity contribution in [3.8, 4) is 0 Å². The summed E-state index contributed by atoms with van der Waals surface area (Å²) in [6.45, 7) is 5.46. The Hall–Kier alpha value is -2.61. The number of hydrogen-bond donors (Lipinski definition) is 1. The number of aromatic amines is 1. The van der Waals surface area contributed by atoms with E-state index in [1.54, 1.807) is 54.6 Å². The topological polar surface area (TPSA) is 79.5 Å².